The highest BCUT2D eigenvalue weighted by Gasteiger charge is 2.17. The van der Waals surface area contributed by atoms with E-state index in [1.807, 2.05) is 13.8 Å². The molecule has 0 radical (unpaired) electrons. The number of carbonyl (C=O) groups excluding carboxylic acids is 2. The molecule has 0 aliphatic rings. The highest BCUT2D eigenvalue weighted by atomic mass is 19.1. The van der Waals surface area contributed by atoms with Crippen LogP contribution < -0.4 is 10.2 Å². The van der Waals surface area contributed by atoms with Gasteiger partial charge in [-0.2, -0.15) is 0 Å². The van der Waals surface area contributed by atoms with Crippen molar-refractivity contribution in [1.82, 2.24) is 5.32 Å². The number of likely N-dealkylation sites (N-methyl/N-ethyl adjacent to an activating group) is 1. The molecule has 0 atom stereocenters. The van der Waals surface area contributed by atoms with Crippen LogP contribution in [0.15, 0.2) is 12.1 Å². The van der Waals surface area contributed by atoms with Crippen LogP contribution in [-0.4, -0.2) is 32.3 Å². The molecule has 0 fully saturated rings. The summed E-state index contributed by atoms with van der Waals surface area (Å²) < 4.78 is 27.5. The average molecular weight is 284 g/mol. The first-order valence-electron chi connectivity index (χ1n) is 6.27. The summed E-state index contributed by atoms with van der Waals surface area (Å²) in [5.41, 5.74) is -0.406. The zero-order valence-electron chi connectivity index (χ0n) is 11.7. The van der Waals surface area contributed by atoms with Gasteiger partial charge in [-0.25, -0.2) is 8.78 Å². The van der Waals surface area contributed by atoms with Crippen molar-refractivity contribution < 1.29 is 18.4 Å². The second kappa shape index (κ2) is 6.98. The minimum Gasteiger partial charge on any atom is -0.361 e. The van der Waals surface area contributed by atoms with E-state index in [1.54, 1.807) is 0 Å². The fourth-order valence-corrected chi connectivity index (χ4v) is 1.69. The van der Waals surface area contributed by atoms with Gasteiger partial charge in [-0.05, 0) is 18.1 Å². The standard InChI is InChI=1S/C14H18F2N2O2/c1-9(2)6-17-13(20)7-18(3)14-11(15)4-10(8-19)5-12(14)16/h4-5,8-9H,6-7H2,1-3H3,(H,17,20). The minimum atomic E-state index is -0.869. The number of halogens is 2. The summed E-state index contributed by atoms with van der Waals surface area (Å²) in [5, 5.41) is 2.66. The molecule has 0 aliphatic carbocycles. The lowest BCUT2D eigenvalue weighted by molar-refractivity contribution is -0.119. The normalized spacial score (nSPS) is 10.5. The van der Waals surface area contributed by atoms with Crippen molar-refractivity contribution in [3.8, 4) is 0 Å². The van der Waals surface area contributed by atoms with E-state index < -0.39 is 11.6 Å². The predicted octanol–water partition coefficient (Wildman–Crippen LogP) is 1.99. The van der Waals surface area contributed by atoms with E-state index >= 15 is 0 Å². The monoisotopic (exact) mass is 284 g/mol. The Balaban J connectivity index is 2.79. The quantitative estimate of drug-likeness (QED) is 0.813. The first-order chi connectivity index (χ1) is 9.35. The number of rotatable bonds is 6. The number of hydrogen-bond acceptors (Lipinski definition) is 3. The largest absolute Gasteiger partial charge is 0.361 e. The van der Waals surface area contributed by atoms with Crippen molar-refractivity contribution in [1.29, 1.82) is 0 Å². The van der Waals surface area contributed by atoms with Crippen LogP contribution in [0.3, 0.4) is 0 Å². The highest BCUT2D eigenvalue weighted by Crippen LogP contribution is 2.23. The van der Waals surface area contributed by atoms with E-state index in [2.05, 4.69) is 5.32 Å². The van der Waals surface area contributed by atoms with Crippen molar-refractivity contribution in [3.63, 3.8) is 0 Å². The molecule has 4 nitrogen and oxygen atoms in total. The molecule has 110 valence electrons. The van der Waals surface area contributed by atoms with Crippen LogP contribution >= 0.6 is 0 Å². The molecule has 0 aromatic heterocycles. The molecule has 1 aromatic rings. The van der Waals surface area contributed by atoms with Crippen molar-refractivity contribution >= 4 is 17.9 Å². The number of anilines is 1. The molecule has 0 bridgehead atoms. The van der Waals surface area contributed by atoms with Crippen molar-refractivity contribution in [2.45, 2.75) is 13.8 Å². The molecule has 20 heavy (non-hydrogen) atoms. The summed E-state index contributed by atoms with van der Waals surface area (Å²) >= 11 is 0. The summed E-state index contributed by atoms with van der Waals surface area (Å²) in [5.74, 6) is -1.76. The number of amides is 1. The third-order valence-corrected chi connectivity index (χ3v) is 2.65. The Morgan fingerprint density at radius 3 is 2.35 bits per heavy atom. The second-order valence-corrected chi connectivity index (χ2v) is 5.00. The Bertz CT molecular complexity index is 481. The topological polar surface area (TPSA) is 49.4 Å². The average Bonchev–Trinajstić information content (AvgIpc) is 2.35. The Labute approximate surface area is 116 Å². The highest BCUT2D eigenvalue weighted by molar-refractivity contribution is 5.82. The third-order valence-electron chi connectivity index (χ3n) is 2.65. The van der Waals surface area contributed by atoms with Crippen LogP contribution in [0.25, 0.3) is 0 Å². The van der Waals surface area contributed by atoms with Gasteiger partial charge < -0.3 is 10.2 Å². The predicted molar refractivity (Wildman–Crippen MR) is 72.9 cm³/mol. The molecular formula is C14H18F2N2O2. The number of nitrogens with one attached hydrogen (secondary N) is 1. The van der Waals surface area contributed by atoms with Gasteiger partial charge in [0.05, 0.1) is 6.54 Å². The Morgan fingerprint density at radius 2 is 1.90 bits per heavy atom. The molecule has 0 saturated carbocycles. The van der Waals surface area contributed by atoms with Gasteiger partial charge in [0.25, 0.3) is 0 Å². The van der Waals surface area contributed by atoms with Gasteiger partial charge in [-0.3, -0.25) is 9.59 Å². The maximum atomic E-state index is 13.7. The lowest BCUT2D eigenvalue weighted by Gasteiger charge is -2.20. The van der Waals surface area contributed by atoms with Crippen LogP contribution in [0.2, 0.25) is 0 Å². The molecule has 0 spiro atoms. The molecular weight excluding hydrogens is 266 g/mol. The number of aldehydes is 1. The smallest absolute Gasteiger partial charge is 0.239 e. The van der Waals surface area contributed by atoms with Crippen LogP contribution in [0.5, 0.6) is 0 Å². The summed E-state index contributed by atoms with van der Waals surface area (Å²) in [6.07, 6.45) is 0.366. The Morgan fingerprint density at radius 1 is 1.35 bits per heavy atom. The summed E-state index contributed by atoms with van der Waals surface area (Å²) in [7, 11) is 1.41. The molecule has 1 aromatic carbocycles. The van der Waals surface area contributed by atoms with Gasteiger partial charge in [0.1, 0.15) is 23.6 Å². The van der Waals surface area contributed by atoms with E-state index in [1.165, 1.54) is 11.9 Å². The molecule has 0 unspecified atom stereocenters. The maximum absolute atomic E-state index is 13.7. The molecule has 0 aliphatic heterocycles. The number of benzene rings is 1. The zero-order valence-corrected chi connectivity index (χ0v) is 11.7. The van der Waals surface area contributed by atoms with Crippen LogP contribution in [-0.2, 0) is 4.79 Å². The van der Waals surface area contributed by atoms with Gasteiger partial charge >= 0.3 is 0 Å². The molecule has 1 amide bonds. The van der Waals surface area contributed by atoms with E-state index in [0.717, 1.165) is 12.1 Å². The maximum Gasteiger partial charge on any atom is 0.239 e. The minimum absolute atomic E-state index is 0.0820. The molecule has 6 heteroatoms. The van der Waals surface area contributed by atoms with Gasteiger partial charge in [-0.15, -0.1) is 0 Å². The fraction of sp³-hybridized carbons (Fsp3) is 0.429. The van der Waals surface area contributed by atoms with Gasteiger partial charge in [0.2, 0.25) is 5.91 Å². The lowest BCUT2D eigenvalue weighted by atomic mass is 10.2. The fourth-order valence-electron chi connectivity index (χ4n) is 1.69. The number of nitrogens with zero attached hydrogens (tertiary/aromatic N) is 1. The molecule has 0 heterocycles. The van der Waals surface area contributed by atoms with Crippen LogP contribution in [0.4, 0.5) is 14.5 Å². The van der Waals surface area contributed by atoms with Gasteiger partial charge in [0.15, 0.2) is 0 Å². The van der Waals surface area contributed by atoms with Crippen LogP contribution in [0.1, 0.15) is 24.2 Å². The third kappa shape index (κ3) is 4.29. The summed E-state index contributed by atoms with van der Waals surface area (Å²) in [6, 6.07) is 1.88. The van der Waals surface area contributed by atoms with Crippen LogP contribution in [0, 0.1) is 17.6 Å². The Kier molecular flexibility index (Phi) is 5.61. The number of hydrogen-bond donors (Lipinski definition) is 1. The van der Waals surface area contributed by atoms with E-state index in [9.17, 15) is 18.4 Å². The Hall–Kier alpha value is -1.98. The first kappa shape index (κ1) is 16.1. The zero-order chi connectivity index (χ0) is 15.3. The van der Waals surface area contributed by atoms with Crippen molar-refractivity contribution in [2.75, 3.05) is 25.0 Å². The number of carbonyl (C=O) groups is 2. The first-order valence-corrected chi connectivity index (χ1v) is 6.27. The van der Waals surface area contributed by atoms with Crippen molar-refractivity contribution in [2.24, 2.45) is 5.92 Å². The summed E-state index contributed by atoms with van der Waals surface area (Å²) in [4.78, 5) is 23.3. The van der Waals surface area contributed by atoms with E-state index in [4.69, 9.17) is 0 Å². The molecule has 1 N–H and O–H groups in total. The molecule has 1 rings (SSSR count). The van der Waals surface area contributed by atoms with Gasteiger partial charge in [0, 0.05) is 19.2 Å². The summed E-state index contributed by atoms with van der Waals surface area (Å²) in [6.45, 7) is 4.23. The SMILES string of the molecule is CC(C)CNC(=O)CN(C)c1c(F)cc(C=O)cc1F. The molecule has 0 saturated heterocycles. The van der Waals surface area contributed by atoms with E-state index in [0.29, 0.717) is 18.7 Å². The van der Waals surface area contributed by atoms with Gasteiger partial charge in [-0.1, -0.05) is 13.8 Å². The van der Waals surface area contributed by atoms with E-state index in [-0.39, 0.29) is 23.7 Å². The van der Waals surface area contributed by atoms with Crippen molar-refractivity contribution in [3.05, 3.63) is 29.3 Å². The lowest BCUT2D eigenvalue weighted by Crippen LogP contribution is -2.37. The second-order valence-electron chi connectivity index (χ2n) is 5.00.